The van der Waals surface area contributed by atoms with Crippen molar-refractivity contribution in [2.45, 2.75) is 77.9 Å². The lowest BCUT2D eigenvalue weighted by Crippen LogP contribution is -2.51. The number of hydrogen-bond donors (Lipinski definition) is 0. The number of piperazine rings is 1. The van der Waals surface area contributed by atoms with Crippen LogP contribution in [0.3, 0.4) is 0 Å². The average Bonchev–Trinajstić information content (AvgIpc) is 2.82. The van der Waals surface area contributed by atoms with E-state index in [2.05, 4.69) is 17.9 Å². The van der Waals surface area contributed by atoms with Crippen molar-refractivity contribution < 1.29 is 18.3 Å². The Morgan fingerprint density at radius 2 is 1.80 bits per heavy atom. The predicted octanol–water partition coefficient (Wildman–Crippen LogP) is 6.35. The van der Waals surface area contributed by atoms with Crippen LogP contribution >= 0.6 is 0 Å². The summed E-state index contributed by atoms with van der Waals surface area (Å²) in [5.74, 6) is -1.95. The fourth-order valence-electron chi connectivity index (χ4n) is 4.38. The summed E-state index contributed by atoms with van der Waals surface area (Å²) in [6.45, 7) is 12.1. The van der Waals surface area contributed by atoms with Crippen LogP contribution in [0.4, 0.5) is 13.6 Å². The van der Waals surface area contributed by atoms with Gasteiger partial charge in [0.1, 0.15) is 11.4 Å². The Kier molecular flexibility index (Phi) is 8.73. The van der Waals surface area contributed by atoms with E-state index in [1.54, 1.807) is 24.0 Å². The molecule has 2 heterocycles. The molecule has 1 atom stereocenters. The number of amidine groups is 1. The fourth-order valence-corrected chi connectivity index (χ4v) is 4.38. The van der Waals surface area contributed by atoms with E-state index in [1.807, 2.05) is 20.8 Å². The maximum Gasteiger partial charge on any atom is 0.410 e. The number of carbonyl (C=O) groups excluding carboxylic acids is 1. The number of aliphatic imine (C=N–C) groups is 1. The van der Waals surface area contributed by atoms with Crippen molar-refractivity contribution in [1.82, 2.24) is 9.80 Å². The van der Waals surface area contributed by atoms with E-state index in [4.69, 9.17) is 9.73 Å². The number of benzene rings is 1. The van der Waals surface area contributed by atoms with Gasteiger partial charge in [0.25, 0.3) is 5.92 Å². The first-order valence-electron chi connectivity index (χ1n) is 12.6. The van der Waals surface area contributed by atoms with Gasteiger partial charge in [-0.05, 0) is 71.1 Å². The molecule has 0 aliphatic carbocycles. The number of amides is 1. The molecule has 0 radical (unpaired) electrons. The molecule has 3 rings (SSSR count). The maximum absolute atomic E-state index is 14.1. The molecule has 0 saturated carbocycles. The molecule has 0 N–H and O–H groups in total. The molecular weight excluding hydrogens is 448 g/mol. The van der Waals surface area contributed by atoms with Crippen LogP contribution in [0.25, 0.3) is 0 Å². The molecule has 5 nitrogen and oxygen atoms in total. The van der Waals surface area contributed by atoms with Gasteiger partial charge in [-0.25, -0.2) is 4.79 Å². The Balaban J connectivity index is 1.59. The molecule has 1 aromatic rings. The zero-order valence-electron chi connectivity index (χ0n) is 21.7. The van der Waals surface area contributed by atoms with E-state index in [9.17, 15) is 13.6 Å². The van der Waals surface area contributed by atoms with Gasteiger partial charge in [0.05, 0.1) is 6.04 Å². The van der Waals surface area contributed by atoms with Gasteiger partial charge in [-0.15, -0.1) is 0 Å². The van der Waals surface area contributed by atoms with Crippen LogP contribution in [0, 0.1) is 0 Å². The summed E-state index contributed by atoms with van der Waals surface area (Å²) in [5.41, 5.74) is 1.93. The van der Waals surface area contributed by atoms with Crippen molar-refractivity contribution in [2.75, 3.05) is 26.2 Å². The normalized spacial score (nSPS) is 19.6. The zero-order chi connectivity index (χ0) is 25.6. The molecule has 1 unspecified atom stereocenters. The quantitative estimate of drug-likeness (QED) is 0.440. The topological polar surface area (TPSA) is 45.1 Å². The molecule has 35 heavy (non-hydrogen) atoms. The molecule has 7 heteroatoms. The van der Waals surface area contributed by atoms with E-state index in [0.717, 1.165) is 56.2 Å². The Hall–Kier alpha value is -2.70. The van der Waals surface area contributed by atoms with Gasteiger partial charge in [-0.2, -0.15) is 8.78 Å². The third kappa shape index (κ3) is 7.64. The molecule has 1 aromatic carbocycles. The Morgan fingerprint density at radius 1 is 1.14 bits per heavy atom. The summed E-state index contributed by atoms with van der Waals surface area (Å²) in [7, 11) is 0. The number of dihydropyridines is 1. The van der Waals surface area contributed by atoms with Gasteiger partial charge in [0.15, 0.2) is 0 Å². The van der Waals surface area contributed by atoms with Gasteiger partial charge in [-0.1, -0.05) is 42.8 Å². The highest BCUT2D eigenvalue weighted by Gasteiger charge is 2.29. The summed E-state index contributed by atoms with van der Waals surface area (Å²) in [6, 6.07) is 6.80. The van der Waals surface area contributed by atoms with Crippen LogP contribution < -0.4 is 0 Å². The first-order chi connectivity index (χ1) is 16.5. The van der Waals surface area contributed by atoms with Gasteiger partial charge in [0.2, 0.25) is 0 Å². The average molecular weight is 488 g/mol. The second-order valence-electron chi connectivity index (χ2n) is 10.3. The Bertz CT molecular complexity index is 953. The number of nitrogens with zero attached hydrogens (tertiary/aromatic N) is 3. The number of ether oxygens (including phenoxy) is 1. The minimum atomic E-state index is -2.94. The minimum absolute atomic E-state index is 0.0130. The minimum Gasteiger partial charge on any atom is -0.444 e. The predicted molar refractivity (Wildman–Crippen MR) is 137 cm³/mol. The smallest absolute Gasteiger partial charge is 0.410 e. The van der Waals surface area contributed by atoms with Crippen molar-refractivity contribution in [3.05, 3.63) is 59.2 Å². The summed E-state index contributed by atoms with van der Waals surface area (Å²) in [4.78, 5) is 21.4. The molecule has 2 aliphatic rings. The van der Waals surface area contributed by atoms with Crippen LogP contribution in [0.5, 0.6) is 0 Å². The van der Waals surface area contributed by atoms with Crippen molar-refractivity contribution in [3.63, 3.8) is 0 Å². The molecule has 2 aliphatic heterocycles. The number of alkyl halides is 2. The summed E-state index contributed by atoms with van der Waals surface area (Å²) in [5, 5.41) is 0. The van der Waals surface area contributed by atoms with Crippen LogP contribution in [0.15, 0.2) is 53.1 Å². The van der Waals surface area contributed by atoms with E-state index < -0.39 is 11.5 Å². The lowest BCUT2D eigenvalue weighted by atomic mass is 9.95. The van der Waals surface area contributed by atoms with E-state index in [1.165, 1.54) is 23.8 Å². The van der Waals surface area contributed by atoms with Crippen molar-refractivity contribution in [2.24, 2.45) is 4.99 Å². The SMILES string of the molecule is C/C=C/C(F)(F)c1ccc(CCC2CC(CC)=CC(N3CCN(C(=O)OC(C)(C)C)CC3)=N2)cc1. The van der Waals surface area contributed by atoms with Crippen LogP contribution in [-0.2, 0) is 17.1 Å². The lowest BCUT2D eigenvalue weighted by molar-refractivity contribution is 0.0187. The number of halogens is 2. The second kappa shape index (κ2) is 11.4. The molecular formula is C28H39F2N3O2. The van der Waals surface area contributed by atoms with Crippen LogP contribution in [0.1, 0.15) is 65.0 Å². The van der Waals surface area contributed by atoms with E-state index in [0.29, 0.717) is 13.1 Å². The van der Waals surface area contributed by atoms with Crippen LogP contribution in [0.2, 0.25) is 0 Å². The highest BCUT2D eigenvalue weighted by molar-refractivity contribution is 5.94. The van der Waals surface area contributed by atoms with Gasteiger partial charge < -0.3 is 14.5 Å². The Morgan fingerprint density at radius 3 is 2.37 bits per heavy atom. The highest BCUT2D eigenvalue weighted by Crippen LogP contribution is 2.30. The van der Waals surface area contributed by atoms with E-state index >= 15 is 0 Å². The number of hydrogen-bond acceptors (Lipinski definition) is 4. The largest absolute Gasteiger partial charge is 0.444 e. The standard InChI is InChI=1S/C28H39F2N3O2/c1-6-14-28(29,30)23-11-8-22(9-12-23)10-13-24-19-21(7-2)20-25(31-24)32-15-17-33(18-16-32)26(34)35-27(3,4)5/h6,8-9,11-12,14,20,24H,7,10,13,15-19H2,1-5H3/b14-6+. The highest BCUT2D eigenvalue weighted by atomic mass is 19.3. The molecule has 1 fully saturated rings. The van der Waals surface area contributed by atoms with Crippen molar-refractivity contribution in [1.29, 1.82) is 0 Å². The van der Waals surface area contributed by atoms with Crippen LogP contribution in [-0.4, -0.2) is 59.6 Å². The van der Waals surface area contributed by atoms with Crippen molar-refractivity contribution in [3.8, 4) is 0 Å². The van der Waals surface area contributed by atoms with Gasteiger partial charge >= 0.3 is 6.09 Å². The lowest BCUT2D eigenvalue weighted by Gasteiger charge is -2.38. The molecule has 0 spiro atoms. The monoisotopic (exact) mass is 487 g/mol. The fraction of sp³-hybridized carbons (Fsp3) is 0.571. The summed E-state index contributed by atoms with van der Waals surface area (Å²) >= 11 is 0. The third-order valence-electron chi connectivity index (χ3n) is 6.34. The zero-order valence-corrected chi connectivity index (χ0v) is 21.7. The first kappa shape index (κ1) is 26.9. The third-order valence-corrected chi connectivity index (χ3v) is 6.34. The molecule has 192 valence electrons. The number of aryl methyl sites for hydroxylation is 1. The van der Waals surface area contributed by atoms with Crippen molar-refractivity contribution >= 4 is 11.9 Å². The Labute approximate surface area is 208 Å². The first-order valence-corrected chi connectivity index (χ1v) is 12.6. The number of rotatable bonds is 6. The van der Waals surface area contributed by atoms with E-state index in [-0.39, 0.29) is 17.7 Å². The second-order valence-corrected chi connectivity index (χ2v) is 10.3. The molecule has 0 bridgehead atoms. The maximum atomic E-state index is 14.1. The van der Waals surface area contributed by atoms with Gasteiger partial charge in [-0.3, -0.25) is 4.99 Å². The van der Waals surface area contributed by atoms with Gasteiger partial charge in [0, 0.05) is 31.7 Å². The summed E-state index contributed by atoms with van der Waals surface area (Å²) in [6.07, 6.45) is 7.79. The number of allylic oxidation sites excluding steroid dienone is 2. The molecule has 1 amide bonds. The molecule has 0 aromatic heterocycles. The molecule has 1 saturated heterocycles. The number of carbonyl (C=O) groups is 1. The summed E-state index contributed by atoms with van der Waals surface area (Å²) < 4.78 is 33.6.